The van der Waals surface area contributed by atoms with Gasteiger partial charge in [0.1, 0.15) is 0 Å². The highest BCUT2D eigenvalue weighted by Gasteiger charge is 2.11. The minimum absolute atomic E-state index is 0.00153. The number of nitrogen functional groups attached to an aromatic ring is 1. The summed E-state index contributed by atoms with van der Waals surface area (Å²) in [5.74, 6) is 0.410. The molecule has 2 N–H and O–H groups in total. The van der Waals surface area contributed by atoms with Crippen molar-refractivity contribution in [1.82, 2.24) is 0 Å². The molecular weight excluding hydrogens is 226 g/mol. The summed E-state index contributed by atoms with van der Waals surface area (Å²) < 4.78 is 5.34. The molecule has 0 heterocycles. The molecule has 0 saturated carbocycles. The van der Waals surface area contributed by atoms with Gasteiger partial charge in [0.2, 0.25) is 0 Å². The molecule has 0 amide bonds. The van der Waals surface area contributed by atoms with E-state index >= 15 is 0 Å². The SMILES string of the molecule is CC(C)CC(C)OC(=O)CCc1cccc(N)c1. The Morgan fingerprint density at radius 2 is 2.06 bits per heavy atom. The van der Waals surface area contributed by atoms with Crippen LogP contribution in [-0.4, -0.2) is 12.1 Å². The van der Waals surface area contributed by atoms with Crippen molar-refractivity contribution in [3.63, 3.8) is 0 Å². The van der Waals surface area contributed by atoms with Crippen molar-refractivity contribution in [3.8, 4) is 0 Å². The Morgan fingerprint density at radius 3 is 2.67 bits per heavy atom. The fourth-order valence-corrected chi connectivity index (χ4v) is 1.99. The molecule has 18 heavy (non-hydrogen) atoms. The van der Waals surface area contributed by atoms with Gasteiger partial charge in [0.15, 0.2) is 0 Å². The van der Waals surface area contributed by atoms with Gasteiger partial charge < -0.3 is 10.5 Å². The smallest absolute Gasteiger partial charge is 0.306 e. The number of aryl methyl sites for hydroxylation is 1. The molecule has 0 aromatic heterocycles. The van der Waals surface area contributed by atoms with E-state index in [4.69, 9.17) is 10.5 Å². The van der Waals surface area contributed by atoms with Crippen molar-refractivity contribution >= 4 is 11.7 Å². The number of carbonyl (C=O) groups is 1. The molecule has 1 aromatic rings. The summed E-state index contributed by atoms with van der Waals surface area (Å²) in [5.41, 5.74) is 7.49. The van der Waals surface area contributed by atoms with Gasteiger partial charge in [-0.2, -0.15) is 0 Å². The quantitative estimate of drug-likeness (QED) is 0.622. The third-order valence-corrected chi connectivity index (χ3v) is 2.70. The molecule has 0 aliphatic rings. The molecular formula is C15H23NO2. The molecule has 0 spiro atoms. The van der Waals surface area contributed by atoms with Gasteiger partial charge in [-0.15, -0.1) is 0 Å². The number of carbonyl (C=O) groups excluding carboxylic acids is 1. The lowest BCUT2D eigenvalue weighted by atomic mass is 10.1. The second-order valence-corrected chi connectivity index (χ2v) is 5.18. The molecule has 1 rings (SSSR count). The van der Waals surface area contributed by atoms with Gasteiger partial charge in [0.05, 0.1) is 6.10 Å². The summed E-state index contributed by atoms with van der Waals surface area (Å²) >= 11 is 0. The number of nitrogens with two attached hydrogens (primary N) is 1. The van der Waals surface area contributed by atoms with E-state index in [9.17, 15) is 4.79 Å². The highest BCUT2D eigenvalue weighted by Crippen LogP contribution is 2.11. The number of ether oxygens (including phenoxy) is 1. The third-order valence-electron chi connectivity index (χ3n) is 2.70. The zero-order chi connectivity index (χ0) is 13.5. The second-order valence-electron chi connectivity index (χ2n) is 5.18. The Kier molecular flexibility index (Phi) is 5.69. The van der Waals surface area contributed by atoms with Gasteiger partial charge in [-0.25, -0.2) is 0 Å². The second kappa shape index (κ2) is 7.04. The third kappa shape index (κ3) is 5.71. The maximum Gasteiger partial charge on any atom is 0.306 e. The van der Waals surface area contributed by atoms with Crippen molar-refractivity contribution in [2.75, 3.05) is 5.73 Å². The van der Waals surface area contributed by atoms with Crippen molar-refractivity contribution in [1.29, 1.82) is 0 Å². The molecule has 3 heteroatoms. The summed E-state index contributed by atoms with van der Waals surface area (Å²) in [7, 11) is 0. The summed E-state index contributed by atoms with van der Waals surface area (Å²) in [4.78, 5) is 11.6. The minimum Gasteiger partial charge on any atom is -0.463 e. The molecule has 0 aliphatic carbocycles. The van der Waals surface area contributed by atoms with Crippen LogP contribution in [0.4, 0.5) is 5.69 Å². The van der Waals surface area contributed by atoms with E-state index in [1.807, 2.05) is 31.2 Å². The van der Waals surface area contributed by atoms with E-state index in [2.05, 4.69) is 13.8 Å². The van der Waals surface area contributed by atoms with Crippen LogP contribution >= 0.6 is 0 Å². The molecule has 0 fully saturated rings. The highest BCUT2D eigenvalue weighted by atomic mass is 16.5. The van der Waals surface area contributed by atoms with Crippen LogP contribution < -0.4 is 5.73 Å². The lowest BCUT2D eigenvalue weighted by Gasteiger charge is -2.15. The van der Waals surface area contributed by atoms with Crippen LogP contribution in [0.1, 0.15) is 39.2 Å². The largest absolute Gasteiger partial charge is 0.463 e. The van der Waals surface area contributed by atoms with E-state index in [0.29, 0.717) is 18.8 Å². The highest BCUT2D eigenvalue weighted by molar-refractivity contribution is 5.70. The average molecular weight is 249 g/mol. The lowest BCUT2D eigenvalue weighted by Crippen LogP contribution is -2.17. The Bertz CT molecular complexity index is 388. The Morgan fingerprint density at radius 1 is 1.33 bits per heavy atom. The van der Waals surface area contributed by atoms with Crippen LogP contribution in [0.5, 0.6) is 0 Å². The van der Waals surface area contributed by atoms with Crippen molar-refractivity contribution in [2.45, 2.75) is 46.1 Å². The number of hydrogen-bond acceptors (Lipinski definition) is 3. The van der Waals surface area contributed by atoms with E-state index in [1.165, 1.54) is 0 Å². The minimum atomic E-state index is -0.134. The summed E-state index contributed by atoms with van der Waals surface area (Å²) in [6, 6.07) is 7.61. The predicted molar refractivity (Wildman–Crippen MR) is 74.2 cm³/mol. The molecule has 0 saturated heterocycles. The summed E-state index contributed by atoms with van der Waals surface area (Å²) in [6.07, 6.45) is 1.99. The number of rotatable bonds is 6. The summed E-state index contributed by atoms with van der Waals surface area (Å²) in [5, 5.41) is 0. The van der Waals surface area contributed by atoms with Gasteiger partial charge in [-0.05, 0) is 43.4 Å². The number of benzene rings is 1. The van der Waals surface area contributed by atoms with E-state index < -0.39 is 0 Å². The van der Waals surface area contributed by atoms with Crippen LogP contribution in [-0.2, 0) is 16.0 Å². The van der Waals surface area contributed by atoms with Crippen LogP contribution in [0.25, 0.3) is 0 Å². The van der Waals surface area contributed by atoms with Gasteiger partial charge in [0.25, 0.3) is 0 Å². The van der Waals surface area contributed by atoms with Crippen LogP contribution in [0, 0.1) is 5.92 Å². The van der Waals surface area contributed by atoms with E-state index in [-0.39, 0.29) is 12.1 Å². The van der Waals surface area contributed by atoms with Crippen molar-refractivity contribution in [2.24, 2.45) is 5.92 Å². The van der Waals surface area contributed by atoms with Gasteiger partial charge in [-0.3, -0.25) is 4.79 Å². The zero-order valence-electron chi connectivity index (χ0n) is 11.5. The van der Waals surface area contributed by atoms with Crippen LogP contribution in [0.3, 0.4) is 0 Å². The number of hydrogen-bond donors (Lipinski definition) is 1. The number of esters is 1. The standard InChI is InChI=1S/C15H23NO2/c1-11(2)9-12(3)18-15(17)8-7-13-5-4-6-14(16)10-13/h4-6,10-12H,7-9,16H2,1-3H3. The fraction of sp³-hybridized carbons (Fsp3) is 0.533. The molecule has 3 nitrogen and oxygen atoms in total. The predicted octanol–water partition coefficient (Wildman–Crippen LogP) is 3.18. The van der Waals surface area contributed by atoms with Gasteiger partial charge in [0, 0.05) is 12.1 Å². The molecule has 0 aliphatic heterocycles. The molecule has 100 valence electrons. The van der Waals surface area contributed by atoms with Crippen LogP contribution in [0.15, 0.2) is 24.3 Å². The zero-order valence-corrected chi connectivity index (χ0v) is 11.5. The topological polar surface area (TPSA) is 52.3 Å². The summed E-state index contributed by atoms with van der Waals surface area (Å²) in [6.45, 7) is 6.19. The molecule has 1 atom stereocenters. The number of anilines is 1. The Hall–Kier alpha value is -1.51. The van der Waals surface area contributed by atoms with E-state index in [1.54, 1.807) is 0 Å². The molecule has 0 bridgehead atoms. The van der Waals surface area contributed by atoms with E-state index in [0.717, 1.165) is 17.7 Å². The Balaban J connectivity index is 2.33. The first kappa shape index (κ1) is 14.6. The van der Waals surface area contributed by atoms with Gasteiger partial charge >= 0.3 is 5.97 Å². The monoisotopic (exact) mass is 249 g/mol. The maximum atomic E-state index is 11.6. The maximum absolute atomic E-state index is 11.6. The molecule has 1 unspecified atom stereocenters. The lowest BCUT2D eigenvalue weighted by molar-refractivity contribution is -0.148. The molecule has 0 radical (unpaired) electrons. The normalized spacial score (nSPS) is 12.4. The van der Waals surface area contributed by atoms with Crippen molar-refractivity contribution < 1.29 is 9.53 Å². The first-order valence-corrected chi connectivity index (χ1v) is 6.51. The first-order valence-electron chi connectivity index (χ1n) is 6.51. The van der Waals surface area contributed by atoms with Crippen molar-refractivity contribution in [3.05, 3.63) is 29.8 Å². The van der Waals surface area contributed by atoms with Gasteiger partial charge in [-0.1, -0.05) is 26.0 Å². The molecule has 1 aromatic carbocycles. The average Bonchev–Trinajstić information content (AvgIpc) is 2.25. The fourth-order valence-electron chi connectivity index (χ4n) is 1.99. The van der Waals surface area contributed by atoms with Crippen LogP contribution in [0.2, 0.25) is 0 Å². The first-order chi connectivity index (χ1) is 8.47. The Labute approximate surface area is 109 Å².